The SMILES string of the molecule is CC(CN)N1CC(=O)NC(=O)C1C. The van der Waals surface area contributed by atoms with Gasteiger partial charge in [-0.05, 0) is 13.8 Å². The zero-order valence-electron chi connectivity index (χ0n) is 7.91. The molecule has 1 saturated heterocycles. The molecular weight excluding hydrogens is 170 g/mol. The molecule has 0 aromatic rings. The van der Waals surface area contributed by atoms with Crippen LogP contribution in [0.15, 0.2) is 0 Å². The number of imide groups is 1. The van der Waals surface area contributed by atoms with E-state index in [-0.39, 0.29) is 30.4 Å². The molecule has 1 heterocycles. The molecule has 0 radical (unpaired) electrons. The second-order valence-electron chi connectivity index (χ2n) is 3.35. The van der Waals surface area contributed by atoms with Gasteiger partial charge in [0.25, 0.3) is 0 Å². The van der Waals surface area contributed by atoms with Gasteiger partial charge in [0, 0.05) is 12.6 Å². The van der Waals surface area contributed by atoms with Crippen LogP contribution in [0.3, 0.4) is 0 Å². The van der Waals surface area contributed by atoms with E-state index in [0.29, 0.717) is 6.54 Å². The summed E-state index contributed by atoms with van der Waals surface area (Å²) in [5.74, 6) is -0.486. The molecule has 13 heavy (non-hydrogen) atoms. The second kappa shape index (κ2) is 3.85. The Labute approximate surface area is 77.3 Å². The Kier molecular flexibility index (Phi) is 3.00. The topological polar surface area (TPSA) is 75.4 Å². The molecule has 5 heteroatoms. The number of nitrogens with two attached hydrogens (primary N) is 1. The Morgan fingerprint density at radius 3 is 2.85 bits per heavy atom. The van der Waals surface area contributed by atoms with Crippen molar-refractivity contribution in [1.29, 1.82) is 0 Å². The molecule has 0 bridgehead atoms. The molecule has 0 aromatic carbocycles. The van der Waals surface area contributed by atoms with Gasteiger partial charge in [-0.3, -0.25) is 19.8 Å². The highest BCUT2D eigenvalue weighted by atomic mass is 16.2. The smallest absolute Gasteiger partial charge is 0.243 e. The van der Waals surface area contributed by atoms with Gasteiger partial charge in [0.2, 0.25) is 11.8 Å². The van der Waals surface area contributed by atoms with E-state index in [4.69, 9.17) is 5.73 Å². The van der Waals surface area contributed by atoms with Crippen molar-refractivity contribution < 1.29 is 9.59 Å². The largest absolute Gasteiger partial charge is 0.329 e. The van der Waals surface area contributed by atoms with Crippen LogP contribution in [-0.4, -0.2) is 41.9 Å². The number of nitrogens with one attached hydrogen (secondary N) is 1. The standard InChI is InChI=1S/C8H15N3O2/c1-5(3-9)11-4-7(12)10-8(13)6(11)2/h5-6H,3-4,9H2,1-2H3,(H,10,12,13). The summed E-state index contributed by atoms with van der Waals surface area (Å²) in [4.78, 5) is 24.1. The van der Waals surface area contributed by atoms with Gasteiger partial charge in [-0.15, -0.1) is 0 Å². The molecule has 2 atom stereocenters. The Balaban J connectivity index is 2.71. The summed E-state index contributed by atoms with van der Waals surface area (Å²) in [7, 11) is 0. The monoisotopic (exact) mass is 185 g/mol. The first-order valence-corrected chi connectivity index (χ1v) is 4.35. The Bertz CT molecular complexity index is 229. The van der Waals surface area contributed by atoms with E-state index < -0.39 is 0 Å². The van der Waals surface area contributed by atoms with Gasteiger partial charge in [-0.25, -0.2) is 0 Å². The minimum Gasteiger partial charge on any atom is -0.329 e. The lowest BCUT2D eigenvalue weighted by molar-refractivity contribution is -0.140. The average molecular weight is 185 g/mol. The maximum absolute atomic E-state index is 11.2. The molecule has 1 rings (SSSR count). The van der Waals surface area contributed by atoms with E-state index in [0.717, 1.165) is 0 Å². The third-order valence-corrected chi connectivity index (χ3v) is 2.37. The molecular formula is C8H15N3O2. The third kappa shape index (κ3) is 2.05. The summed E-state index contributed by atoms with van der Waals surface area (Å²) in [6.45, 7) is 4.38. The molecule has 3 N–H and O–H groups in total. The molecule has 0 saturated carbocycles. The van der Waals surface area contributed by atoms with E-state index in [1.54, 1.807) is 11.8 Å². The van der Waals surface area contributed by atoms with E-state index in [1.165, 1.54) is 0 Å². The number of hydrogen-bond donors (Lipinski definition) is 2. The lowest BCUT2D eigenvalue weighted by Gasteiger charge is -2.35. The summed E-state index contributed by atoms with van der Waals surface area (Å²) < 4.78 is 0. The van der Waals surface area contributed by atoms with Crippen molar-refractivity contribution in [2.24, 2.45) is 5.73 Å². The van der Waals surface area contributed by atoms with Crippen LogP contribution in [0.25, 0.3) is 0 Å². The van der Waals surface area contributed by atoms with Crippen LogP contribution in [0.1, 0.15) is 13.8 Å². The predicted molar refractivity (Wildman–Crippen MR) is 47.8 cm³/mol. The highest BCUT2D eigenvalue weighted by Crippen LogP contribution is 2.08. The molecule has 2 unspecified atom stereocenters. The molecule has 2 amide bonds. The van der Waals surface area contributed by atoms with Crippen LogP contribution in [0.4, 0.5) is 0 Å². The van der Waals surface area contributed by atoms with Crippen molar-refractivity contribution in [2.75, 3.05) is 13.1 Å². The maximum atomic E-state index is 11.2. The van der Waals surface area contributed by atoms with Crippen LogP contribution in [0.5, 0.6) is 0 Å². The number of amides is 2. The molecule has 0 spiro atoms. The molecule has 74 valence electrons. The quantitative estimate of drug-likeness (QED) is 0.523. The van der Waals surface area contributed by atoms with Gasteiger partial charge in [-0.2, -0.15) is 0 Å². The number of nitrogens with zero attached hydrogens (tertiary/aromatic N) is 1. The summed E-state index contributed by atoms with van der Waals surface area (Å²) in [5, 5.41) is 2.28. The Hall–Kier alpha value is -0.940. The molecule has 0 aliphatic carbocycles. The lowest BCUT2D eigenvalue weighted by Crippen LogP contribution is -2.60. The van der Waals surface area contributed by atoms with Crippen molar-refractivity contribution >= 4 is 11.8 Å². The van der Waals surface area contributed by atoms with Crippen LogP contribution in [-0.2, 0) is 9.59 Å². The average Bonchev–Trinajstić information content (AvgIpc) is 2.10. The summed E-state index contributed by atoms with van der Waals surface area (Å²) in [6.07, 6.45) is 0. The number of hydrogen-bond acceptors (Lipinski definition) is 4. The second-order valence-corrected chi connectivity index (χ2v) is 3.35. The summed E-state index contributed by atoms with van der Waals surface area (Å²) >= 11 is 0. The van der Waals surface area contributed by atoms with Gasteiger partial charge in [0.05, 0.1) is 12.6 Å². The number of piperazine rings is 1. The first-order valence-electron chi connectivity index (χ1n) is 4.35. The fourth-order valence-electron chi connectivity index (χ4n) is 1.41. The predicted octanol–water partition coefficient (Wildman–Crippen LogP) is -1.32. The lowest BCUT2D eigenvalue weighted by atomic mass is 10.1. The van der Waals surface area contributed by atoms with E-state index in [1.807, 2.05) is 6.92 Å². The van der Waals surface area contributed by atoms with Gasteiger partial charge in [-0.1, -0.05) is 0 Å². The first kappa shape index (κ1) is 10.1. The third-order valence-electron chi connectivity index (χ3n) is 2.37. The van der Waals surface area contributed by atoms with Gasteiger partial charge in [0.15, 0.2) is 0 Å². The fourth-order valence-corrected chi connectivity index (χ4v) is 1.41. The van der Waals surface area contributed by atoms with Gasteiger partial charge < -0.3 is 5.73 Å². The number of rotatable bonds is 2. The van der Waals surface area contributed by atoms with Crippen LogP contribution < -0.4 is 11.1 Å². The number of carbonyl (C=O) groups is 2. The van der Waals surface area contributed by atoms with Gasteiger partial charge >= 0.3 is 0 Å². The van der Waals surface area contributed by atoms with Crippen molar-refractivity contribution in [1.82, 2.24) is 10.2 Å². The van der Waals surface area contributed by atoms with Crippen molar-refractivity contribution in [2.45, 2.75) is 25.9 Å². The first-order chi connectivity index (χ1) is 6.06. The van der Waals surface area contributed by atoms with Crippen LogP contribution >= 0.6 is 0 Å². The minimum atomic E-state index is -0.267. The van der Waals surface area contributed by atoms with Crippen molar-refractivity contribution in [3.05, 3.63) is 0 Å². The molecule has 1 fully saturated rings. The normalized spacial score (nSPS) is 27.2. The van der Waals surface area contributed by atoms with Crippen LogP contribution in [0.2, 0.25) is 0 Å². The summed E-state index contributed by atoms with van der Waals surface area (Å²) in [6, 6.07) is -0.207. The van der Waals surface area contributed by atoms with Crippen molar-refractivity contribution in [3.63, 3.8) is 0 Å². The highest BCUT2D eigenvalue weighted by Gasteiger charge is 2.32. The minimum absolute atomic E-state index is 0.0602. The molecule has 1 aliphatic rings. The van der Waals surface area contributed by atoms with Crippen molar-refractivity contribution in [3.8, 4) is 0 Å². The van der Waals surface area contributed by atoms with E-state index >= 15 is 0 Å². The zero-order chi connectivity index (χ0) is 10.0. The molecule has 5 nitrogen and oxygen atoms in total. The van der Waals surface area contributed by atoms with Gasteiger partial charge in [0.1, 0.15) is 0 Å². The molecule has 1 aliphatic heterocycles. The maximum Gasteiger partial charge on any atom is 0.243 e. The number of carbonyl (C=O) groups excluding carboxylic acids is 2. The Morgan fingerprint density at radius 2 is 2.31 bits per heavy atom. The Morgan fingerprint density at radius 1 is 1.69 bits per heavy atom. The van der Waals surface area contributed by atoms with Crippen LogP contribution in [0, 0.1) is 0 Å². The molecule has 0 aromatic heterocycles. The zero-order valence-corrected chi connectivity index (χ0v) is 7.91. The van der Waals surface area contributed by atoms with E-state index in [9.17, 15) is 9.59 Å². The fraction of sp³-hybridized carbons (Fsp3) is 0.750. The highest BCUT2D eigenvalue weighted by molar-refractivity contribution is 6.00. The summed E-state index contributed by atoms with van der Waals surface area (Å²) in [5.41, 5.74) is 5.47. The van der Waals surface area contributed by atoms with E-state index in [2.05, 4.69) is 5.32 Å².